The predicted molar refractivity (Wildman–Crippen MR) is 383 cm³/mol. The van der Waals surface area contributed by atoms with Crippen molar-refractivity contribution in [2.75, 3.05) is 134 Å². The van der Waals surface area contributed by atoms with Crippen LogP contribution in [-0.2, 0) is 55.5 Å². The summed E-state index contributed by atoms with van der Waals surface area (Å²) in [7, 11) is 5.37. The number of methoxy groups -OCH3 is 5. The van der Waals surface area contributed by atoms with Crippen molar-refractivity contribution in [2.24, 2.45) is 0 Å². The topological polar surface area (TPSA) is 254 Å². The van der Waals surface area contributed by atoms with E-state index in [2.05, 4.69) is 45.0 Å². The number of hydrogen-bond acceptors (Lipinski definition) is 20. The van der Waals surface area contributed by atoms with Crippen molar-refractivity contribution >= 4 is 0 Å². The highest BCUT2D eigenvalue weighted by Gasteiger charge is 2.11. The molecule has 0 aliphatic rings. The quantitative estimate of drug-likeness (QED) is 0.0177. The second kappa shape index (κ2) is 56.5. The fourth-order valence-corrected chi connectivity index (χ4v) is 6.11. The Hall–Kier alpha value is -5.50. The van der Waals surface area contributed by atoms with Crippen LogP contribution in [0.1, 0.15) is 152 Å². The Morgan fingerprint density at radius 2 is 0.516 bits per heavy atom. The number of benzene rings is 5. The molecular formula is C75H125N5O15. The average molecular weight is 1380 g/mol. The van der Waals surface area contributed by atoms with E-state index in [9.17, 15) is 25.5 Å². The smallest absolute Gasteiger partial charge is 0.119 e. The lowest BCUT2D eigenvalue weighted by molar-refractivity contribution is 0.104. The molecule has 0 aromatic heterocycles. The van der Waals surface area contributed by atoms with E-state index < -0.39 is 179 Å². The fourth-order valence-electron chi connectivity index (χ4n) is 6.11. The number of aryl methyl sites for hydroxylation is 5. The maximum absolute atomic E-state index is 10.1. The van der Waals surface area contributed by atoms with Crippen LogP contribution in [0.5, 0.6) is 28.7 Å². The normalized spacial score (nSPS) is 23.7. The van der Waals surface area contributed by atoms with Gasteiger partial charge in [-0.05, 0) is 120 Å². The molecule has 20 heteroatoms. The van der Waals surface area contributed by atoms with Gasteiger partial charge in [-0.25, -0.2) is 0 Å². The first-order valence-corrected chi connectivity index (χ1v) is 29.2. The summed E-state index contributed by atoms with van der Waals surface area (Å²) in [4.78, 5) is 0. The lowest BCUT2D eigenvalue weighted by Crippen LogP contribution is -2.35. The van der Waals surface area contributed by atoms with Gasteiger partial charge in [0.2, 0.25) is 0 Å². The fraction of sp³-hybridized carbons (Fsp3) is 0.600. The molecule has 0 heterocycles. The van der Waals surface area contributed by atoms with Crippen LogP contribution in [0.25, 0.3) is 0 Å². The summed E-state index contributed by atoms with van der Waals surface area (Å²) in [6, 6.07) is 20.1. The van der Waals surface area contributed by atoms with Gasteiger partial charge in [0, 0.05) is 133 Å². The SMILES string of the molecule is [2H]C(O)(CNC(C)C([2H])([2H])[2H])COc1ccc(C([2H])([2H])C([2H])([2H])OC)cc1.[2H]C(O)(CNC(C)C)COc1ccc(C([2H])([2H])C([2H])([2H])OC)cc1.[2H]C(O)(CNC([2H])(C([2H])([2H])[2H])C([2H])([2H])[2H])COc1ccc(C([2H])([2H])C([2H])([2H])OC)cc1.[2H]C(O)(CNC([2H])(C)C([2H])([2H])[2H])COc1ccc(C([2H])([2H])C([2H])([2H])OC)cc1.[2H]C(O)(CNC([2H])(C)C)COc1ccc(C([2H])([2H])C([2H])([2H])OC)cc1. The molecule has 0 aliphatic heterocycles. The second-order valence-corrected chi connectivity index (χ2v) is 19.8. The summed E-state index contributed by atoms with van der Waals surface area (Å²) in [6.07, 6.45) is -22.5. The van der Waals surface area contributed by atoms with Gasteiger partial charge in [0.25, 0.3) is 0 Å². The van der Waals surface area contributed by atoms with Gasteiger partial charge in [-0.3, -0.25) is 0 Å². The lowest BCUT2D eigenvalue weighted by Gasteiger charge is -2.15. The predicted octanol–water partition coefficient (Wildman–Crippen LogP) is 8.07. The minimum Gasteiger partial charge on any atom is -0.491 e. The third-order valence-corrected chi connectivity index (χ3v) is 10.8. The van der Waals surface area contributed by atoms with Crippen LogP contribution in [0.3, 0.4) is 0 Å². The average Bonchev–Trinajstić information content (AvgIpc) is 0.755. The van der Waals surface area contributed by atoms with Crippen LogP contribution >= 0.6 is 0 Å². The Morgan fingerprint density at radius 3 is 0.716 bits per heavy atom. The Balaban J connectivity index is 0.000000846. The Labute approximate surface area is 627 Å². The molecule has 0 radical (unpaired) electrons. The molecule has 540 valence electrons. The molecule has 0 amide bonds. The standard InChI is InChI=1S/5C15H25NO3/c5*1-12(2)16-10-14(17)11-19-15-6-4-13(5-7-15)8-9-18-3/h5*4-7,12,14,16-17H,8-11H2,1-3H3/i1D3,2D3,8D2,9D2,12D,14D;1D3,8D2,9D2,12D,14D;8D2,9D2,12D,14D;1D3,8D2,9D2,14D;8D2,9D2,14D. The van der Waals surface area contributed by atoms with Gasteiger partial charge in [-0.2, -0.15) is 0 Å². The first-order valence-electron chi connectivity index (χ1n) is 49.2. The summed E-state index contributed by atoms with van der Waals surface area (Å²) in [5.74, 6) is 1.15. The number of rotatable bonds is 45. The van der Waals surface area contributed by atoms with E-state index >= 15 is 0 Å². The molecule has 10 N–H and O–H groups in total. The molecule has 0 bridgehead atoms. The molecule has 20 nitrogen and oxygen atoms in total. The number of aliphatic hydroxyl groups is 5. The van der Waals surface area contributed by atoms with Crippen molar-refractivity contribution in [2.45, 2.75) is 161 Å². The largest absolute Gasteiger partial charge is 0.491 e. The second-order valence-electron chi connectivity index (χ2n) is 19.8. The van der Waals surface area contributed by atoms with Gasteiger partial charge in [0.15, 0.2) is 0 Å². The van der Waals surface area contributed by atoms with Gasteiger partial charge >= 0.3 is 0 Å². The molecule has 5 aromatic carbocycles. The first-order chi connectivity index (χ1) is 60.4. The van der Waals surface area contributed by atoms with Gasteiger partial charge in [0.05, 0.1) is 53.4 Å². The molecule has 95 heavy (non-hydrogen) atoms. The highest BCUT2D eigenvalue weighted by atomic mass is 16.5. The number of ether oxygens (including phenoxy) is 10. The molecule has 7 atom stereocenters. The molecule has 5 aromatic rings. The van der Waals surface area contributed by atoms with E-state index in [-0.39, 0.29) is 84.0 Å². The zero-order valence-electron chi connectivity index (χ0n) is 95.6. The van der Waals surface area contributed by atoms with Crippen molar-refractivity contribution in [1.82, 2.24) is 26.6 Å². The molecule has 0 aliphatic carbocycles. The molecular weight excluding hydrogens is 1210 g/mol. The minimum absolute atomic E-state index is 0.0113. The minimum atomic E-state index is -3.27. The lowest BCUT2D eigenvalue weighted by atomic mass is 10.1. The highest BCUT2D eigenvalue weighted by Crippen LogP contribution is 2.17. The van der Waals surface area contributed by atoms with Gasteiger partial charge in [-0.15, -0.1) is 0 Å². The van der Waals surface area contributed by atoms with E-state index in [0.717, 1.165) is 42.5 Å². The van der Waals surface area contributed by atoms with Gasteiger partial charge < -0.3 is 99.5 Å². The van der Waals surface area contributed by atoms with Crippen molar-refractivity contribution in [3.8, 4) is 28.7 Å². The highest BCUT2D eigenvalue weighted by molar-refractivity contribution is 5.31. The van der Waals surface area contributed by atoms with E-state index in [1.165, 1.54) is 128 Å². The molecule has 7 unspecified atom stereocenters. The summed E-state index contributed by atoms with van der Waals surface area (Å²) in [5.41, 5.74) is 0.173. The molecule has 0 saturated carbocycles. The van der Waals surface area contributed by atoms with Crippen LogP contribution in [0, 0.1) is 0 Å². The molecule has 5 rings (SSSR count). The van der Waals surface area contributed by atoms with Crippen LogP contribution in [0.2, 0.25) is 0 Å². The van der Waals surface area contributed by atoms with Crippen LogP contribution in [0.4, 0.5) is 0 Å². The summed E-state index contributed by atoms with van der Waals surface area (Å²) in [6.45, 7) is -18.7. The Kier molecular flexibility index (Phi) is 24.9. The third kappa shape index (κ3) is 50.5. The maximum Gasteiger partial charge on any atom is 0.119 e. The summed E-state index contributed by atoms with van der Waals surface area (Å²) >= 11 is 0. The van der Waals surface area contributed by atoms with E-state index in [0.29, 0.717) is 11.5 Å². The van der Waals surface area contributed by atoms with E-state index in [1.807, 2.05) is 19.2 Å². The molecule has 0 fully saturated rings. The maximum atomic E-state index is 10.1. The van der Waals surface area contributed by atoms with Crippen molar-refractivity contribution < 1.29 is 128 Å². The Morgan fingerprint density at radius 1 is 0.305 bits per heavy atom. The van der Waals surface area contributed by atoms with Gasteiger partial charge in [0.1, 0.15) is 92.2 Å². The Bertz CT molecular complexity index is 4300. The first kappa shape index (κ1) is 41.8. The molecule has 0 spiro atoms. The zero-order chi connectivity index (χ0) is 106. The van der Waals surface area contributed by atoms with E-state index in [1.54, 1.807) is 13.8 Å². The summed E-state index contributed by atoms with van der Waals surface area (Å²) < 4.78 is 353. The third-order valence-electron chi connectivity index (χ3n) is 10.8. The van der Waals surface area contributed by atoms with Gasteiger partial charge in [-0.1, -0.05) is 130 Å². The van der Waals surface area contributed by atoms with E-state index in [4.69, 9.17) is 78.5 Å². The molecule has 0 saturated heterocycles. The van der Waals surface area contributed by atoms with Crippen LogP contribution < -0.4 is 50.3 Å². The van der Waals surface area contributed by atoms with Crippen LogP contribution in [0.15, 0.2) is 121 Å². The number of hydrogen-bond donors (Lipinski definition) is 10. The number of nitrogens with one attached hydrogen (secondary N) is 5. The monoisotopic (exact) mass is 1380 g/mol. The van der Waals surface area contributed by atoms with Crippen molar-refractivity contribution in [3.05, 3.63) is 149 Å². The van der Waals surface area contributed by atoms with Crippen molar-refractivity contribution in [1.29, 1.82) is 0 Å². The zero-order valence-corrected chi connectivity index (χ0v) is 55.6. The summed E-state index contributed by atoms with van der Waals surface area (Å²) in [5, 5.41) is 62.4. The van der Waals surface area contributed by atoms with Crippen LogP contribution in [-0.4, -0.2) is 220 Å². The van der Waals surface area contributed by atoms with Crippen molar-refractivity contribution in [3.63, 3.8) is 0 Å².